The van der Waals surface area contributed by atoms with Gasteiger partial charge >= 0.3 is 0 Å². The van der Waals surface area contributed by atoms with E-state index in [9.17, 15) is 9.90 Å². The minimum Gasteiger partial charge on any atom is -0.507 e. The molecule has 2 rings (SSSR count). The second kappa shape index (κ2) is 7.43. The van der Waals surface area contributed by atoms with Gasteiger partial charge in [0.15, 0.2) is 0 Å². The molecule has 1 fully saturated rings. The third-order valence-corrected chi connectivity index (χ3v) is 3.93. The molecule has 0 radical (unpaired) electrons. The predicted molar refractivity (Wildman–Crippen MR) is 81.5 cm³/mol. The molecule has 1 heterocycles. The monoisotopic (exact) mass is 292 g/mol. The molecular formula is C16H24N2O3. The number of aromatic hydroxyl groups is 1. The van der Waals surface area contributed by atoms with E-state index < -0.39 is 0 Å². The van der Waals surface area contributed by atoms with Crippen LogP contribution in [0, 0.1) is 6.92 Å². The van der Waals surface area contributed by atoms with Gasteiger partial charge in [-0.1, -0.05) is 6.07 Å². The van der Waals surface area contributed by atoms with Crippen LogP contribution in [-0.4, -0.2) is 65.3 Å². The molecule has 1 saturated heterocycles. The number of carbonyl (C=O) groups excluding carboxylic acids is 1. The highest BCUT2D eigenvalue weighted by Crippen LogP contribution is 2.21. The van der Waals surface area contributed by atoms with Crippen molar-refractivity contribution in [2.24, 2.45) is 0 Å². The van der Waals surface area contributed by atoms with Crippen molar-refractivity contribution >= 4 is 5.91 Å². The third kappa shape index (κ3) is 4.19. The van der Waals surface area contributed by atoms with Gasteiger partial charge in [-0.05, 0) is 44.0 Å². The van der Waals surface area contributed by atoms with E-state index in [2.05, 4.69) is 4.90 Å². The summed E-state index contributed by atoms with van der Waals surface area (Å²) < 4.78 is 0. The maximum atomic E-state index is 12.4. The average molecular weight is 292 g/mol. The molecule has 0 bridgehead atoms. The number of hydrogen-bond donors (Lipinski definition) is 2. The topological polar surface area (TPSA) is 64.0 Å². The maximum absolute atomic E-state index is 12.4. The van der Waals surface area contributed by atoms with Crippen LogP contribution in [0.4, 0.5) is 0 Å². The lowest BCUT2D eigenvalue weighted by atomic mass is 10.1. The highest BCUT2D eigenvalue weighted by Gasteiger charge is 2.23. The van der Waals surface area contributed by atoms with Crippen LogP contribution in [0.5, 0.6) is 5.75 Å². The maximum Gasteiger partial charge on any atom is 0.257 e. The molecule has 0 aromatic heterocycles. The number of phenolic OH excluding ortho intramolecular Hbond substituents is 1. The van der Waals surface area contributed by atoms with E-state index in [1.54, 1.807) is 17.0 Å². The fourth-order valence-corrected chi connectivity index (χ4v) is 2.61. The van der Waals surface area contributed by atoms with Crippen molar-refractivity contribution in [2.45, 2.75) is 19.8 Å². The van der Waals surface area contributed by atoms with Gasteiger partial charge in [0, 0.05) is 32.8 Å². The Balaban J connectivity index is 1.88. The molecular weight excluding hydrogens is 268 g/mol. The van der Waals surface area contributed by atoms with Gasteiger partial charge in [-0.3, -0.25) is 9.69 Å². The molecule has 0 saturated carbocycles. The summed E-state index contributed by atoms with van der Waals surface area (Å²) in [6, 6.07) is 5.16. The zero-order chi connectivity index (χ0) is 15.2. The summed E-state index contributed by atoms with van der Waals surface area (Å²) in [6.07, 6.45) is 1.82. The van der Waals surface area contributed by atoms with E-state index in [0.717, 1.165) is 38.0 Å². The van der Waals surface area contributed by atoms with Gasteiger partial charge in [-0.2, -0.15) is 0 Å². The van der Waals surface area contributed by atoms with Crippen molar-refractivity contribution in [3.8, 4) is 5.75 Å². The lowest BCUT2D eigenvalue weighted by molar-refractivity contribution is 0.0631. The number of aryl methyl sites for hydroxylation is 1. The van der Waals surface area contributed by atoms with Gasteiger partial charge < -0.3 is 15.1 Å². The van der Waals surface area contributed by atoms with Crippen molar-refractivity contribution in [3.63, 3.8) is 0 Å². The van der Waals surface area contributed by atoms with Crippen LogP contribution in [-0.2, 0) is 0 Å². The first-order chi connectivity index (χ1) is 10.1. The minimum absolute atomic E-state index is 0.0605. The van der Waals surface area contributed by atoms with E-state index in [1.807, 2.05) is 13.0 Å². The fourth-order valence-electron chi connectivity index (χ4n) is 2.61. The number of phenols is 1. The number of rotatable bonds is 5. The largest absolute Gasteiger partial charge is 0.507 e. The van der Waals surface area contributed by atoms with Crippen molar-refractivity contribution in [1.82, 2.24) is 9.80 Å². The number of amides is 1. The predicted octanol–water partition coefficient (Wildman–Crippen LogP) is 1.23. The van der Waals surface area contributed by atoms with E-state index in [4.69, 9.17) is 5.11 Å². The van der Waals surface area contributed by atoms with Crippen molar-refractivity contribution in [1.29, 1.82) is 0 Å². The molecule has 1 aliphatic heterocycles. The first-order valence-electron chi connectivity index (χ1n) is 7.54. The lowest BCUT2D eigenvalue weighted by Crippen LogP contribution is -2.48. The summed E-state index contributed by atoms with van der Waals surface area (Å²) in [7, 11) is 0. The van der Waals surface area contributed by atoms with Crippen LogP contribution < -0.4 is 0 Å². The quantitative estimate of drug-likeness (QED) is 0.801. The molecule has 0 unspecified atom stereocenters. The highest BCUT2D eigenvalue weighted by atomic mass is 16.3. The van der Waals surface area contributed by atoms with E-state index in [-0.39, 0.29) is 18.3 Å². The highest BCUT2D eigenvalue weighted by molar-refractivity contribution is 5.97. The number of benzene rings is 1. The minimum atomic E-state index is -0.0949. The number of hydrogen-bond acceptors (Lipinski definition) is 4. The summed E-state index contributed by atoms with van der Waals surface area (Å²) in [4.78, 5) is 16.5. The zero-order valence-corrected chi connectivity index (χ0v) is 12.6. The Morgan fingerprint density at radius 2 is 1.90 bits per heavy atom. The average Bonchev–Trinajstić information content (AvgIpc) is 2.48. The molecule has 1 amide bonds. The standard InChI is InChI=1S/C16H24N2O3/c1-13-4-5-14(15(20)12-13)16(21)18-9-7-17(8-10-18)6-2-3-11-19/h4-5,12,19-20H,2-3,6-11H2,1H3. The Morgan fingerprint density at radius 1 is 1.19 bits per heavy atom. The Labute approximate surface area is 125 Å². The summed E-state index contributed by atoms with van der Waals surface area (Å²) in [5, 5.41) is 18.7. The smallest absolute Gasteiger partial charge is 0.257 e. The Morgan fingerprint density at radius 3 is 2.52 bits per heavy atom. The SMILES string of the molecule is Cc1ccc(C(=O)N2CCN(CCCCO)CC2)c(O)c1. The summed E-state index contributed by atoms with van der Waals surface area (Å²) >= 11 is 0. The van der Waals surface area contributed by atoms with Crippen molar-refractivity contribution < 1.29 is 15.0 Å². The fraction of sp³-hybridized carbons (Fsp3) is 0.562. The molecule has 1 aromatic carbocycles. The van der Waals surface area contributed by atoms with Gasteiger partial charge in [0.1, 0.15) is 5.75 Å². The molecule has 116 valence electrons. The Kier molecular flexibility index (Phi) is 5.59. The first-order valence-corrected chi connectivity index (χ1v) is 7.54. The van der Waals surface area contributed by atoms with Crippen LogP contribution in [0.25, 0.3) is 0 Å². The number of unbranched alkanes of at least 4 members (excludes halogenated alkanes) is 1. The molecule has 0 aliphatic carbocycles. The number of carbonyl (C=O) groups is 1. The van der Waals surface area contributed by atoms with Crippen LogP contribution >= 0.6 is 0 Å². The number of nitrogens with zero attached hydrogens (tertiary/aromatic N) is 2. The van der Waals surface area contributed by atoms with Crippen LogP contribution in [0.15, 0.2) is 18.2 Å². The molecule has 0 spiro atoms. The molecule has 1 aliphatic rings. The second-order valence-corrected chi connectivity index (χ2v) is 5.59. The van der Waals surface area contributed by atoms with Gasteiger partial charge in [0.05, 0.1) is 5.56 Å². The molecule has 5 nitrogen and oxygen atoms in total. The molecule has 5 heteroatoms. The van der Waals surface area contributed by atoms with Crippen molar-refractivity contribution in [2.75, 3.05) is 39.3 Å². The molecule has 1 aromatic rings. The van der Waals surface area contributed by atoms with Gasteiger partial charge in [-0.25, -0.2) is 0 Å². The van der Waals surface area contributed by atoms with E-state index in [0.29, 0.717) is 18.7 Å². The van der Waals surface area contributed by atoms with Crippen molar-refractivity contribution in [3.05, 3.63) is 29.3 Å². The Hall–Kier alpha value is -1.59. The van der Waals surface area contributed by atoms with Gasteiger partial charge in [-0.15, -0.1) is 0 Å². The Bertz CT molecular complexity index is 482. The van der Waals surface area contributed by atoms with Crippen LogP contribution in [0.2, 0.25) is 0 Å². The van der Waals surface area contributed by atoms with Crippen LogP contribution in [0.3, 0.4) is 0 Å². The molecule has 2 N–H and O–H groups in total. The summed E-state index contributed by atoms with van der Waals surface area (Å²) in [6.45, 7) is 6.17. The normalized spacial score (nSPS) is 16.2. The summed E-state index contributed by atoms with van der Waals surface area (Å²) in [5.74, 6) is -0.0344. The number of aliphatic hydroxyl groups excluding tert-OH is 1. The first kappa shape index (κ1) is 15.8. The van der Waals surface area contributed by atoms with Gasteiger partial charge in [0.25, 0.3) is 5.91 Å². The molecule has 21 heavy (non-hydrogen) atoms. The number of piperazine rings is 1. The van der Waals surface area contributed by atoms with Crippen LogP contribution in [0.1, 0.15) is 28.8 Å². The summed E-state index contributed by atoms with van der Waals surface area (Å²) in [5.41, 5.74) is 1.33. The second-order valence-electron chi connectivity index (χ2n) is 5.59. The number of aliphatic hydroxyl groups is 1. The third-order valence-electron chi connectivity index (χ3n) is 3.93. The van der Waals surface area contributed by atoms with E-state index in [1.165, 1.54) is 0 Å². The lowest BCUT2D eigenvalue weighted by Gasteiger charge is -2.34. The van der Waals surface area contributed by atoms with E-state index >= 15 is 0 Å². The zero-order valence-electron chi connectivity index (χ0n) is 12.6. The van der Waals surface area contributed by atoms with Gasteiger partial charge in [0.2, 0.25) is 0 Å². The molecule has 0 atom stereocenters.